The molecule has 0 saturated heterocycles. The van der Waals surface area contributed by atoms with E-state index in [9.17, 15) is 13.2 Å². The molecule has 2 aromatic carbocycles. The van der Waals surface area contributed by atoms with Crippen LogP contribution in [0.1, 0.15) is 11.1 Å². The first-order chi connectivity index (χ1) is 13.8. The van der Waals surface area contributed by atoms with Crippen LogP contribution in [0.15, 0.2) is 65.8 Å². The fourth-order valence-electron chi connectivity index (χ4n) is 2.74. The fraction of sp³-hybridized carbons (Fsp3) is 0.0500. The van der Waals surface area contributed by atoms with Crippen LogP contribution in [0.3, 0.4) is 0 Å². The molecule has 1 aromatic heterocycles. The summed E-state index contributed by atoms with van der Waals surface area (Å²) in [5.74, 6) is -0.362. The molecule has 0 aliphatic carbocycles. The van der Waals surface area contributed by atoms with Gasteiger partial charge in [-0.3, -0.25) is 9.78 Å². The van der Waals surface area contributed by atoms with Crippen molar-refractivity contribution in [2.75, 3.05) is 5.32 Å². The van der Waals surface area contributed by atoms with Crippen LogP contribution in [0.2, 0.25) is 5.02 Å². The Kier molecular flexibility index (Phi) is 5.94. The van der Waals surface area contributed by atoms with Crippen LogP contribution < -0.4 is 10.5 Å². The van der Waals surface area contributed by atoms with Gasteiger partial charge in [0.2, 0.25) is 15.9 Å². The van der Waals surface area contributed by atoms with Gasteiger partial charge in [0.25, 0.3) is 0 Å². The third kappa shape index (κ3) is 4.97. The van der Waals surface area contributed by atoms with Crippen LogP contribution >= 0.6 is 11.6 Å². The summed E-state index contributed by atoms with van der Waals surface area (Å²) in [5, 5.41) is 17.5. The molecule has 0 aliphatic heterocycles. The first kappa shape index (κ1) is 20.5. The minimum atomic E-state index is -4.11. The van der Waals surface area contributed by atoms with Gasteiger partial charge in [-0.15, -0.1) is 0 Å². The number of rotatable bonds is 5. The number of nitrogens with zero attached hydrogens (tertiary/aromatic N) is 2. The standard InChI is InChI=1S/C20H15ClN4O3S/c21-18-4-2-1-3-14(18)8-20(26)25-16-5-6-17(19(9-16)29(23,27)28)15-7-13(10-22)11-24-12-15/h1-7,9,11-12H,8H2,(H,25,26)(H2,23,27,28). The molecule has 1 heterocycles. The summed E-state index contributed by atoms with van der Waals surface area (Å²) >= 11 is 6.07. The van der Waals surface area contributed by atoms with Crippen LogP contribution in [0.5, 0.6) is 0 Å². The van der Waals surface area contributed by atoms with Crippen LogP contribution in [0, 0.1) is 11.3 Å². The Labute approximate surface area is 172 Å². The molecule has 29 heavy (non-hydrogen) atoms. The van der Waals surface area contributed by atoms with Crippen molar-refractivity contribution in [3.8, 4) is 17.2 Å². The Hall–Kier alpha value is -3.25. The molecule has 0 unspecified atom stereocenters. The normalized spacial score (nSPS) is 10.9. The molecule has 1 amide bonds. The summed E-state index contributed by atoms with van der Waals surface area (Å²) in [6.07, 6.45) is 2.82. The van der Waals surface area contributed by atoms with Gasteiger partial charge in [-0.2, -0.15) is 5.26 Å². The van der Waals surface area contributed by atoms with Gasteiger partial charge in [0, 0.05) is 34.2 Å². The summed E-state index contributed by atoms with van der Waals surface area (Å²) in [4.78, 5) is 16.1. The van der Waals surface area contributed by atoms with Gasteiger partial charge in [-0.05, 0) is 29.8 Å². The predicted molar refractivity (Wildman–Crippen MR) is 110 cm³/mol. The lowest BCUT2D eigenvalue weighted by atomic mass is 10.1. The third-order valence-corrected chi connectivity index (χ3v) is 5.38. The second kappa shape index (κ2) is 8.41. The molecular formula is C20H15ClN4O3S. The SMILES string of the molecule is N#Cc1cncc(-c2ccc(NC(=O)Cc3ccccc3Cl)cc2S(N)(=O)=O)c1. The maximum atomic E-state index is 12.3. The van der Waals surface area contributed by atoms with Crippen LogP contribution in [-0.4, -0.2) is 19.3 Å². The van der Waals surface area contributed by atoms with E-state index in [2.05, 4.69) is 10.3 Å². The summed E-state index contributed by atoms with van der Waals surface area (Å²) < 4.78 is 24.2. The molecule has 0 spiro atoms. The monoisotopic (exact) mass is 426 g/mol. The van der Waals surface area contributed by atoms with Crippen molar-refractivity contribution in [2.24, 2.45) is 5.14 Å². The lowest BCUT2D eigenvalue weighted by Crippen LogP contribution is -2.17. The van der Waals surface area contributed by atoms with Crippen LogP contribution in [0.4, 0.5) is 5.69 Å². The molecule has 3 aromatic rings. The quantitative estimate of drug-likeness (QED) is 0.648. The van der Waals surface area contributed by atoms with Crippen molar-refractivity contribution < 1.29 is 13.2 Å². The van der Waals surface area contributed by atoms with E-state index in [1.54, 1.807) is 30.3 Å². The highest BCUT2D eigenvalue weighted by atomic mass is 35.5. The third-order valence-electron chi connectivity index (χ3n) is 4.06. The lowest BCUT2D eigenvalue weighted by molar-refractivity contribution is -0.115. The fourth-order valence-corrected chi connectivity index (χ4v) is 3.73. The second-order valence-electron chi connectivity index (χ2n) is 6.15. The van der Waals surface area contributed by atoms with E-state index in [0.717, 1.165) is 0 Å². The van der Waals surface area contributed by atoms with Crippen molar-refractivity contribution in [2.45, 2.75) is 11.3 Å². The number of hydrogen-bond acceptors (Lipinski definition) is 5. The molecule has 0 saturated carbocycles. The highest BCUT2D eigenvalue weighted by Gasteiger charge is 2.18. The summed E-state index contributed by atoms with van der Waals surface area (Å²) in [6, 6.07) is 14.7. The molecular weight excluding hydrogens is 412 g/mol. The lowest BCUT2D eigenvalue weighted by Gasteiger charge is -2.12. The number of aromatic nitrogens is 1. The number of halogens is 1. The van der Waals surface area contributed by atoms with Crippen molar-refractivity contribution in [3.05, 3.63) is 77.1 Å². The number of primary sulfonamides is 1. The number of nitrogens with one attached hydrogen (secondary N) is 1. The van der Waals surface area contributed by atoms with E-state index >= 15 is 0 Å². The number of benzene rings is 2. The van der Waals surface area contributed by atoms with Crippen LogP contribution in [0.25, 0.3) is 11.1 Å². The average molecular weight is 427 g/mol. The van der Waals surface area contributed by atoms with E-state index in [0.29, 0.717) is 16.1 Å². The second-order valence-corrected chi connectivity index (χ2v) is 8.08. The number of nitriles is 1. The van der Waals surface area contributed by atoms with E-state index in [-0.39, 0.29) is 34.0 Å². The van der Waals surface area contributed by atoms with E-state index in [4.69, 9.17) is 22.0 Å². The number of amides is 1. The maximum absolute atomic E-state index is 12.3. The van der Waals surface area contributed by atoms with Crippen molar-refractivity contribution in [3.63, 3.8) is 0 Å². The zero-order valence-corrected chi connectivity index (χ0v) is 16.5. The number of carbonyl (C=O) groups excluding carboxylic acids is 1. The van der Waals surface area contributed by atoms with Crippen molar-refractivity contribution in [1.29, 1.82) is 5.26 Å². The number of pyridine rings is 1. The number of hydrogen-bond donors (Lipinski definition) is 2. The summed E-state index contributed by atoms with van der Waals surface area (Å²) in [5.41, 5.74) is 1.89. The first-order valence-electron chi connectivity index (χ1n) is 8.33. The number of sulfonamides is 1. The van der Waals surface area contributed by atoms with Gasteiger partial charge in [-0.25, -0.2) is 13.6 Å². The van der Waals surface area contributed by atoms with Gasteiger partial charge < -0.3 is 5.32 Å². The zero-order chi connectivity index (χ0) is 21.0. The molecule has 0 fully saturated rings. The Morgan fingerprint density at radius 1 is 1.17 bits per heavy atom. The predicted octanol–water partition coefficient (Wildman–Crippen LogP) is 3.10. The molecule has 146 valence electrons. The largest absolute Gasteiger partial charge is 0.326 e. The van der Waals surface area contributed by atoms with Crippen LogP contribution in [-0.2, 0) is 21.2 Å². The van der Waals surface area contributed by atoms with Gasteiger partial charge in [0.05, 0.1) is 16.9 Å². The number of carbonyl (C=O) groups is 1. The topological polar surface area (TPSA) is 126 Å². The molecule has 0 atom stereocenters. The molecule has 9 heteroatoms. The van der Waals surface area contributed by atoms with Gasteiger partial charge >= 0.3 is 0 Å². The van der Waals surface area contributed by atoms with E-state index in [1.165, 1.54) is 30.6 Å². The average Bonchev–Trinajstić information content (AvgIpc) is 2.69. The van der Waals surface area contributed by atoms with Crippen molar-refractivity contribution >= 4 is 33.2 Å². The van der Waals surface area contributed by atoms with Gasteiger partial charge in [0.15, 0.2) is 0 Å². The highest BCUT2D eigenvalue weighted by molar-refractivity contribution is 7.89. The molecule has 3 N–H and O–H groups in total. The van der Waals surface area contributed by atoms with Gasteiger partial charge in [0.1, 0.15) is 6.07 Å². The number of nitrogens with two attached hydrogens (primary N) is 1. The van der Waals surface area contributed by atoms with Crippen molar-refractivity contribution in [1.82, 2.24) is 4.98 Å². The molecule has 7 nitrogen and oxygen atoms in total. The molecule has 0 radical (unpaired) electrons. The minimum Gasteiger partial charge on any atom is -0.326 e. The Morgan fingerprint density at radius 3 is 2.62 bits per heavy atom. The maximum Gasteiger partial charge on any atom is 0.238 e. The summed E-state index contributed by atoms with van der Waals surface area (Å²) in [6.45, 7) is 0. The summed E-state index contributed by atoms with van der Waals surface area (Å²) in [7, 11) is -4.11. The Morgan fingerprint density at radius 2 is 1.93 bits per heavy atom. The Balaban J connectivity index is 1.93. The van der Waals surface area contributed by atoms with Gasteiger partial charge in [-0.1, -0.05) is 35.9 Å². The molecule has 3 rings (SSSR count). The smallest absolute Gasteiger partial charge is 0.238 e. The number of anilines is 1. The minimum absolute atomic E-state index is 0.0280. The zero-order valence-electron chi connectivity index (χ0n) is 15.0. The first-order valence-corrected chi connectivity index (χ1v) is 10.3. The highest BCUT2D eigenvalue weighted by Crippen LogP contribution is 2.29. The Bertz CT molecular complexity index is 1240. The van der Waals surface area contributed by atoms with E-state index in [1.807, 2.05) is 6.07 Å². The molecule has 0 aliphatic rings. The molecule has 0 bridgehead atoms. The van der Waals surface area contributed by atoms with E-state index < -0.39 is 10.0 Å².